The molecular weight excluding hydrogens is 335 g/mol. The van der Waals surface area contributed by atoms with E-state index in [0.29, 0.717) is 5.39 Å². The molecule has 0 aliphatic rings. The fourth-order valence-electron chi connectivity index (χ4n) is 1.78. The molecule has 0 N–H and O–H groups in total. The summed E-state index contributed by atoms with van der Waals surface area (Å²) in [6, 6.07) is 5.95. The van der Waals surface area contributed by atoms with E-state index in [-0.39, 0.29) is 33.7 Å². The highest BCUT2D eigenvalue weighted by atomic mass is 79.9. The van der Waals surface area contributed by atoms with Crippen molar-refractivity contribution < 1.29 is 14.0 Å². The molecule has 2 rings (SSSR count). The van der Waals surface area contributed by atoms with Crippen molar-refractivity contribution in [1.29, 1.82) is 0 Å². The van der Waals surface area contributed by atoms with E-state index in [1.807, 2.05) is 0 Å². The van der Waals surface area contributed by atoms with Gasteiger partial charge in [0.15, 0.2) is 11.6 Å². The van der Waals surface area contributed by atoms with Gasteiger partial charge in [0.2, 0.25) is 0 Å². The smallest absolute Gasteiger partial charge is 0.336 e. The minimum Gasteiger partial charge on any atom is -0.422 e. The molecule has 0 spiro atoms. The Bertz CT molecular complexity index is 720. The zero-order valence-electron chi connectivity index (χ0n) is 9.61. The van der Waals surface area contributed by atoms with Crippen LogP contribution in [0.3, 0.4) is 0 Å². The van der Waals surface area contributed by atoms with Gasteiger partial charge in [-0.1, -0.05) is 22.0 Å². The first kappa shape index (κ1) is 14.0. The van der Waals surface area contributed by atoms with Gasteiger partial charge in [0.25, 0.3) is 0 Å². The van der Waals surface area contributed by atoms with Gasteiger partial charge in [0.05, 0.1) is 16.8 Å². The van der Waals surface area contributed by atoms with E-state index in [1.165, 1.54) is 18.2 Å². The van der Waals surface area contributed by atoms with Crippen LogP contribution in [-0.2, 0) is 0 Å². The maximum atomic E-state index is 11.9. The predicted octanol–water partition coefficient (Wildman–Crippen LogP) is 2.79. The average molecular weight is 344 g/mol. The number of hydrogen-bond donors (Lipinski definition) is 0. The van der Waals surface area contributed by atoms with Gasteiger partial charge >= 0.3 is 5.63 Å². The Morgan fingerprint density at radius 2 is 1.84 bits per heavy atom. The summed E-state index contributed by atoms with van der Waals surface area (Å²) in [6.07, 6.45) is 0. The van der Waals surface area contributed by atoms with E-state index in [9.17, 15) is 14.4 Å². The van der Waals surface area contributed by atoms with Gasteiger partial charge in [0, 0.05) is 17.0 Å². The SMILES string of the molecule is O=C(CBr)c1ccc2ccc(=O)oc2c1C(=O)CCl. The summed E-state index contributed by atoms with van der Waals surface area (Å²) in [5, 5.41) is 0.636. The predicted molar refractivity (Wildman–Crippen MR) is 75.7 cm³/mol. The normalized spacial score (nSPS) is 10.6. The lowest BCUT2D eigenvalue weighted by Gasteiger charge is -2.08. The highest BCUT2D eigenvalue weighted by Crippen LogP contribution is 2.23. The monoisotopic (exact) mass is 342 g/mol. The van der Waals surface area contributed by atoms with Crippen molar-refractivity contribution in [3.8, 4) is 0 Å². The number of hydrogen-bond acceptors (Lipinski definition) is 4. The van der Waals surface area contributed by atoms with Crippen LogP contribution >= 0.6 is 27.5 Å². The first-order chi connectivity index (χ1) is 9.08. The van der Waals surface area contributed by atoms with E-state index in [2.05, 4.69) is 15.9 Å². The Labute approximate surface area is 121 Å². The van der Waals surface area contributed by atoms with Crippen LogP contribution in [0.1, 0.15) is 20.7 Å². The second-order valence-corrected chi connectivity index (χ2v) is 4.60. The van der Waals surface area contributed by atoms with E-state index in [0.717, 1.165) is 0 Å². The summed E-state index contributed by atoms with van der Waals surface area (Å²) in [7, 11) is 0. The maximum absolute atomic E-state index is 11.9. The van der Waals surface area contributed by atoms with Crippen LogP contribution in [0.25, 0.3) is 11.0 Å². The Morgan fingerprint density at radius 3 is 2.47 bits per heavy atom. The summed E-state index contributed by atoms with van der Waals surface area (Å²) in [5.74, 6) is -1.02. The highest BCUT2D eigenvalue weighted by molar-refractivity contribution is 9.09. The van der Waals surface area contributed by atoms with Crippen LogP contribution < -0.4 is 5.63 Å². The van der Waals surface area contributed by atoms with Crippen molar-refractivity contribution in [3.63, 3.8) is 0 Å². The second-order valence-electron chi connectivity index (χ2n) is 3.77. The van der Waals surface area contributed by atoms with E-state index < -0.39 is 11.4 Å². The van der Waals surface area contributed by atoms with Crippen LogP contribution in [0.5, 0.6) is 0 Å². The van der Waals surface area contributed by atoms with E-state index in [4.69, 9.17) is 16.0 Å². The number of fused-ring (bicyclic) bond motifs is 1. The van der Waals surface area contributed by atoms with Crippen molar-refractivity contribution >= 4 is 50.1 Å². The Kier molecular flexibility index (Phi) is 4.17. The molecular formula is C13H8BrClO4. The molecule has 0 aliphatic heterocycles. The molecule has 1 heterocycles. The second kappa shape index (κ2) is 5.67. The molecule has 0 bridgehead atoms. The minimum absolute atomic E-state index is 0.0645. The quantitative estimate of drug-likeness (QED) is 0.486. The fraction of sp³-hybridized carbons (Fsp3) is 0.154. The van der Waals surface area contributed by atoms with Crippen LogP contribution in [-0.4, -0.2) is 22.8 Å². The third kappa shape index (κ3) is 2.62. The fourth-order valence-corrected chi connectivity index (χ4v) is 2.22. The number of rotatable bonds is 4. The third-order valence-electron chi connectivity index (χ3n) is 2.61. The number of carbonyl (C=O) groups is 2. The summed E-state index contributed by atoms with van der Waals surface area (Å²) < 4.78 is 5.05. The number of benzene rings is 1. The minimum atomic E-state index is -0.584. The summed E-state index contributed by atoms with van der Waals surface area (Å²) >= 11 is 8.60. The highest BCUT2D eigenvalue weighted by Gasteiger charge is 2.20. The molecule has 0 amide bonds. The van der Waals surface area contributed by atoms with Gasteiger partial charge in [-0.15, -0.1) is 11.6 Å². The number of ketones is 2. The number of carbonyl (C=O) groups excluding carboxylic acids is 2. The molecule has 0 fully saturated rings. The van der Waals surface area contributed by atoms with Gasteiger partial charge in [-0.3, -0.25) is 9.59 Å². The van der Waals surface area contributed by atoms with Crippen LogP contribution in [0.2, 0.25) is 0 Å². The summed E-state index contributed by atoms with van der Waals surface area (Å²) in [6.45, 7) is 0. The van der Waals surface area contributed by atoms with Crippen molar-refractivity contribution in [2.24, 2.45) is 0 Å². The molecule has 1 aromatic carbocycles. The molecule has 19 heavy (non-hydrogen) atoms. The summed E-state index contributed by atoms with van der Waals surface area (Å²) in [5.41, 5.74) is -0.219. The third-order valence-corrected chi connectivity index (χ3v) is 3.36. The Hall–Kier alpha value is -1.46. The van der Waals surface area contributed by atoms with E-state index in [1.54, 1.807) is 6.07 Å². The first-order valence-corrected chi connectivity index (χ1v) is 6.99. The van der Waals surface area contributed by atoms with Crippen molar-refractivity contribution in [2.45, 2.75) is 0 Å². The molecule has 98 valence electrons. The summed E-state index contributed by atoms with van der Waals surface area (Å²) in [4.78, 5) is 35.0. The lowest BCUT2D eigenvalue weighted by Crippen LogP contribution is -2.12. The molecule has 0 atom stereocenters. The Balaban J connectivity index is 2.87. The average Bonchev–Trinajstić information content (AvgIpc) is 2.44. The van der Waals surface area contributed by atoms with Gasteiger partial charge < -0.3 is 4.42 Å². The molecule has 2 aromatic rings. The number of alkyl halides is 2. The van der Waals surface area contributed by atoms with Crippen molar-refractivity contribution in [2.75, 3.05) is 11.2 Å². The van der Waals surface area contributed by atoms with Crippen LogP contribution in [0, 0.1) is 0 Å². The molecule has 1 aromatic heterocycles. The topological polar surface area (TPSA) is 64.3 Å². The lowest BCUT2D eigenvalue weighted by atomic mass is 9.98. The molecule has 0 saturated carbocycles. The maximum Gasteiger partial charge on any atom is 0.336 e. The van der Waals surface area contributed by atoms with Gasteiger partial charge in [-0.25, -0.2) is 4.79 Å². The van der Waals surface area contributed by atoms with Crippen LogP contribution in [0.4, 0.5) is 0 Å². The van der Waals surface area contributed by atoms with E-state index >= 15 is 0 Å². The zero-order chi connectivity index (χ0) is 14.0. The van der Waals surface area contributed by atoms with Gasteiger partial charge in [-0.05, 0) is 12.1 Å². The molecule has 0 aliphatic carbocycles. The molecule has 0 radical (unpaired) electrons. The first-order valence-electron chi connectivity index (χ1n) is 5.33. The van der Waals surface area contributed by atoms with Crippen LogP contribution in [0.15, 0.2) is 33.5 Å². The molecule has 0 unspecified atom stereocenters. The molecule has 0 saturated heterocycles. The van der Waals surface area contributed by atoms with Gasteiger partial charge in [0.1, 0.15) is 5.58 Å². The van der Waals surface area contributed by atoms with Gasteiger partial charge in [-0.2, -0.15) is 0 Å². The standard InChI is InChI=1S/C13H8BrClO4/c14-5-9(16)8-3-1-7-2-4-11(18)19-13(7)12(8)10(17)6-15/h1-4H,5-6H2. The lowest BCUT2D eigenvalue weighted by molar-refractivity contribution is 0.0986. The largest absolute Gasteiger partial charge is 0.422 e. The van der Waals surface area contributed by atoms with Crippen molar-refractivity contribution in [1.82, 2.24) is 0 Å². The Morgan fingerprint density at radius 1 is 1.16 bits per heavy atom. The molecule has 6 heteroatoms. The number of halogens is 2. The molecule has 4 nitrogen and oxygen atoms in total. The van der Waals surface area contributed by atoms with Crippen molar-refractivity contribution in [3.05, 3.63) is 45.8 Å². The zero-order valence-corrected chi connectivity index (χ0v) is 12.0. The number of Topliss-reactive ketones (excluding diaryl/α,β-unsaturated/α-hetero) is 2.